The summed E-state index contributed by atoms with van der Waals surface area (Å²) in [6.07, 6.45) is 3.68. The fraction of sp³-hybridized carbons (Fsp3) is 0.524. The third-order valence-corrected chi connectivity index (χ3v) is 5.32. The smallest absolute Gasteiger partial charge is 0.227 e. The van der Waals surface area contributed by atoms with E-state index in [-0.39, 0.29) is 17.9 Å². The van der Waals surface area contributed by atoms with Gasteiger partial charge in [0.1, 0.15) is 12.4 Å². The predicted molar refractivity (Wildman–Crippen MR) is 108 cm³/mol. The Labute approximate surface area is 175 Å². The number of benzene rings is 1. The van der Waals surface area contributed by atoms with Crippen LogP contribution in [0.1, 0.15) is 24.1 Å². The average molecular weight is 413 g/mol. The summed E-state index contributed by atoms with van der Waals surface area (Å²) in [7, 11) is 0. The topological polar surface area (TPSA) is 98.6 Å². The minimum atomic E-state index is -0.0665. The van der Waals surface area contributed by atoms with Crippen molar-refractivity contribution in [3.05, 3.63) is 41.7 Å². The molecule has 6 bridgehead atoms. The van der Waals surface area contributed by atoms with E-state index in [1.165, 1.54) is 0 Å². The zero-order valence-electron chi connectivity index (χ0n) is 17.0. The summed E-state index contributed by atoms with van der Waals surface area (Å²) in [5.74, 6) is 0.783. The molecule has 1 aromatic carbocycles. The molecule has 3 heterocycles. The van der Waals surface area contributed by atoms with Gasteiger partial charge in [-0.25, -0.2) is 4.68 Å². The van der Waals surface area contributed by atoms with Crippen molar-refractivity contribution in [1.82, 2.24) is 25.2 Å². The molecular formula is C21H27N5O4. The summed E-state index contributed by atoms with van der Waals surface area (Å²) in [5.41, 5.74) is 1.71. The number of aryl methyl sites for hydroxylation is 1. The number of nitrogens with zero attached hydrogens (tertiary/aromatic N) is 4. The van der Waals surface area contributed by atoms with Crippen molar-refractivity contribution in [3.8, 4) is 5.75 Å². The van der Waals surface area contributed by atoms with E-state index in [0.29, 0.717) is 65.1 Å². The SMILES string of the molecule is O=C1CCc2cn(nn2)CCOc2cccc(c2)CC(=O)N2CCOC(CCN1)C2. The van der Waals surface area contributed by atoms with E-state index in [4.69, 9.17) is 9.47 Å². The maximum atomic E-state index is 12.8. The van der Waals surface area contributed by atoms with Crippen LogP contribution >= 0.6 is 0 Å². The molecule has 2 aliphatic heterocycles. The van der Waals surface area contributed by atoms with Gasteiger partial charge in [-0.3, -0.25) is 9.59 Å². The Hall–Kier alpha value is -2.94. The van der Waals surface area contributed by atoms with Crippen molar-refractivity contribution in [3.63, 3.8) is 0 Å². The van der Waals surface area contributed by atoms with Crippen LogP contribution in [0.5, 0.6) is 5.75 Å². The Morgan fingerprint density at radius 2 is 2.07 bits per heavy atom. The molecule has 9 nitrogen and oxygen atoms in total. The van der Waals surface area contributed by atoms with Crippen LogP contribution in [0.15, 0.2) is 30.5 Å². The van der Waals surface area contributed by atoms with E-state index in [0.717, 1.165) is 17.0 Å². The van der Waals surface area contributed by atoms with E-state index >= 15 is 0 Å². The Morgan fingerprint density at radius 3 is 3.00 bits per heavy atom. The zero-order chi connectivity index (χ0) is 20.8. The van der Waals surface area contributed by atoms with Gasteiger partial charge in [-0.2, -0.15) is 0 Å². The van der Waals surface area contributed by atoms with E-state index in [9.17, 15) is 9.59 Å². The predicted octanol–water partition coefficient (Wildman–Crippen LogP) is 0.580. The molecule has 1 fully saturated rings. The van der Waals surface area contributed by atoms with Crippen LogP contribution in [0.2, 0.25) is 0 Å². The molecule has 0 spiro atoms. The van der Waals surface area contributed by atoms with Gasteiger partial charge in [0.2, 0.25) is 11.8 Å². The lowest BCUT2D eigenvalue weighted by atomic mass is 10.1. The molecule has 1 N–H and O–H groups in total. The number of morpholine rings is 1. The highest BCUT2D eigenvalue weighted by atomic mass is 16.5. The molecule has 2 amide bonds. The first-order chi connectivity index (χ1) is 14.7. The highest BCUT2D eigenvalue weighted by Gasteiger charge is 2.24. The number of ether oxygens (including phenoxy) is 2. The van der Waals surface area contributed by atoms with Gasteiger partial charge in [0.25, 0.3) is 0 Å². The van der Waals surface area contributed by atoms with Crippen LogP contribution in [0.25, 0.3) is 0 Å². The molecule has 0 saturated carbocycles. The molecule has 30 heavy (non-hydrogen) atoms. The van der Waals surface area contributed by atoms with Crippen molar-refractivity contribution in [2.75, 3.05) is 32.8 Å². The van der Waals surface area contributed by atoms with Crippen LogP contribution in [0.4, 0.5) is 0 Å². The van der Waals surface area contributed by atoms with Gasteiger partial charge >= 0.3 is 0 Å². The van der Waals surface area contributed by atoms with Crippen LogP contribution in [-0.2, 0) is 33.7 Å². The number of nitrogens with one attached hydrogen (secondary N) is 1. The molecule has 9 heteroatoms. The second-order valence-corrected chi connectivity index (χ2v) is 7.62. The fourth-order valence-corrected chi connectivity index (χ4v) is 3.67. The lowest BCUT2D eigenvalue weighted by Gasteiger charge is -2.33. The van der Waals surface area contributed by atoms with E-state index in [2.05, 4.69) is 15.6 Å². The lowest BCUT2D eigenvalue weighted by Crippen LogP contribution is -2.47. The maximum Gasteiger partial charge on any atom is 0.227 e. The summed E-state index contributed by atoms with van der Waals surface area (Å²) < 4.78 is 13.3. The molecule has 1 atom stereocenters. The molecule has 0 radical (unpaired) electrons. The van der Waals surface area contributed by atoms with Gasteiger partial charge in [0, 0.05) is 38.7 Å². The molecular weight excluding hydrogens is 386 g/mol. The van der Waals surface area contributed by atoms with Crippen LogP contribution < -0.4 is 10.1 Å². The van der Waals surface area contributed by atoms with Gasteiger partial charge in [-0.1, -0.05) is 17.3 Å². The Balaban J connectivity index is 1.46. The third kappa shape index (κ3) is 5.56. The molecule has 2 aromatic rings. The first-order valence-corrected chi connectivity index (χ1v) is 10.4. The Bertz CT molecular complexity index is 884. The van der Waals surface area contributed by atoms with Gasteiger partial charge < -0.3 is 19.7 Å². The third-order valence-electron chi connectivity index (χ3n) is 5.32. The minimum absolute atomic E-state index is 0.0236. The second kappa shape index (κ2) is 9.71. The molecule has 160 valence electrons. The number of carbonyl (C=O) groups excluding carboxylic acids is 2. The molecule has 1 unspecified atom stereocenters. The first kappa shape index (κ1) is 20.3. The summed E-state index contributed by atoms with van der Waals surface area (Å²) >= 11 is 0. The normalized spacial score (nSPS) is 21.5. The van der Waals surface area contributed by atoms with Gasteiger partial charge in [-0.15, -0.1) is 5.10 Å². The Kier molecular flexibility index (Phi) is 6.58. The van der Waals surface area contributed by atoms with Crippen molar-refractivity contribution in [1.29, 1.82) is 0 Å². The second-order valence-electron chi connectivity index (χ2n) is 7.62. The molecule has 1 aromatic heterocycles. The molecule has 0 aliphatic carbocycles. The fourth-order valence-electron chi connectivity index (χ4n) is 3.67. The number of aromatic nitrogens is 3. The van der Waals surface area contributed by atoms with Crippen molar-refractivity contribution >= 4 is 11.8 Å². The molecule has 4 rings (SSSR count). The number of hydrogen-bond donors (Lipinski definition) is 1. The number of carbonyl (C=O) groups is 2. The van der Waals surface area contributed by atoms with Gasteiger partial charge in [0.05, 0.1) is 31.4 Å². The summed E-state index contributed by atoms with van der Waals surface area (Å²) in [6, 6.07) is 7.64. The van der Waals surface area contributed by atoms with Crippen LogP contribution in [-0.4, -0.2) is 70.7 Å². The summed E-state index contributed by atoms with van der Waals surface area (Å²) in [4.78, 5) is 26.7. The largest absolute Gasteiger partial charge is 0.492 e. The van der Waals surface area contributed by atoms with Crippen molar-refractivity contribution in [2.24, 2.45) is 0 Å². The van der Waals surface area contributed by atoms with Crippen LogP contribution in [0.3, 0.4) is 0 Å². The van der Waals surface area contributed by atoms with Crippen molar-refractivity contribution < 1.29 is 19.1 Å². The average Bonchev–Trinajstić information content (AvgIpc) is 3.20. The quantitative estimate of drug-likeness (QED) is 0.678. The number of amides is 2. The highest BCUT2D eigenvalue weighted by molar-refractivity contribution is 5.79. The Morgan fingerprint density at radius 1 is 1.13 bits per heavy atom. The highest BCUT2D eigenvalue weighted by Crippen LogP contribution is 2.16. The number of rotatable bonds is 0. The maximum absolute atomic E-state index is 12.8. The number of fused-ring (bicyclic) bond motifs is 6. The zero-order valence-corrected chi connectivity index (χ0v) is 17.0. The summed E-state index contributed by atoms with van der Waals surface area (Å²) in [5, 5.41) is 11.1. The lowest BCUT2D eigenvalue weighted by molar-refractivity contribution is -0.138. The minimum Gasteiger partial charge on any atom is -0.492 e. The number of hydrogen-bond acceptors (Lipinski definition) is 6. The van der Waals surface area contributed by atoms with E-state index < -0.39 is 0 Å². The summed E-state index contributed by atoms with van der Waals surface area (Å²) in [6.45, 7) is 3.17. The van der Waals surface area contributed by atoms with Gasteiger partial charge in [-0.05, 0) is 24.1 Å². The standard InChI is InChI=1S/C21H27N5O4/c27-20-5-4-17-14-26(24-23-17)9-11-29-18-3-1-2-16(12-18)13-21(28)25-8-10-30-19(15-25)6-7-22-20/h1-3,12,14,19H,4-11,13,15H2,(H,22,27). The molecule has 2 aliphatic rings. The monoisotopic (exact) mass is 413 g/mol. The molecule has 1 saturated heterocycles. The van der Waals surface area contributed by atoms with Crippen molar-refractivity contribution in [2.45, 2.75) is 38.3 Å². The van der Waals surface area contributed by atoms with E-state index in [1.54, 1.807) is 4.68 Å². The first-order valence-electron chi connectivity index (χ1n) is 10.4. The van der Waals surface area contributed by atoms with Crippen LogP contribution in [0, 0.1) is 0 Å². The van der Waals surface area contributed by atoms with E-state index in [1.807, 2.05) is 35.4 Å². The van der Waals surface area contributed by atoms with Gasteiger partial charge in [0.15, 0.2) is 0 Å².